The van der Waals surface area contributed by atoms with Gasteiger partial charge in [-0.15, -0.1) is 21.7 Å². The van der Waals surface area contributed by atoms with Crippen LogP contribution in [0.1, 0.15) is 113 Å². The fourth-order valence-electron chi connectivity index (χ4n) is 5.51. The Bertz CT molecular complexity index is 1920. The number of hydrogen-bond donors (Lipinski definition) is 0. The van der Waals surface area contributed by atoms with Crippen molar-refractivity contribution in [3.05, 3.63) is 106 Å². The van der Waals surface area contributed by atoms with Crippen LogP contribution in [0.3, 0.4) is 0 Å². The molecule has 1 atom stereocenters. The van der Waals surface area contributed by atoms with Crippen molar-refractivity contribution in [3.8, 4) is 6.07 Å². The van der Waals surface area contributed by atoms with E-state index in [9.17, 15) is 14.4 Å². The van der Waals surface area contributed by atoms with Crippen LogP contribution in [0.5, 0.6) is 0 Å². The van der Waals surface area contributed by atoms with E-state index in [2.05, 4.69) is 52.6 Å². The van der Waals surface area contributed by atoms with Gasteiger partial charge in [-0.2, -0.15) is 10.2 Å². The fraction of sp³-hybridized carbons (Fsp3) is 0.442. The average Bonchev–Trinajstić information content (AvgIpc) is 3.58. The summed E-state index contributed by atoms with van der Waals surface area (Å²) in [7, 11) is 0. The number of nitrogens with zero attached hydrogens (tertiary/aromatic N) is 8. The second-order valence-electron chi connectivity index (χ2n) is 13.4. The first kappa shape index (κ1) is 47.3. The van der Waals surface area contributed by atoms with E-state index >= 15 is 0 Å². The third-order valence-corrected chi connectivity index (χ3v) is 10.4. The van der Waals surface area contributed by atoms with Crippen molar-refractivity contribution < 1.29 is 14.4 Å². The number of aryl methyl sites for hydroxylation is 2. The summed E-state index contributed by atoms with van der Waals surface area (Å²) in [5.74, 6) is 2.74. The third-order valence-electron chi connectivity index (χ3n) is 8.76. The van der Waals surface area contributed by atoms with Crippen molar-refractivity contribution in [2.75, 3.05) is 16.4 Å². The minimum atomic E-state index is 0.233. The quantitative estimate of drug-likeness (QED) is 0.0200. The zero-order valence-electron chi connectivity index (χ0n) is 33.6. The molecule has 0 spiro atoms. The van der Waals surface area contributed by atoms with Crippen LogP contribution < -0.4 is 4.41 Å². The molecule has 4 aromatic rings. The number of anilines is 1. The van der Waals surface area contributed by atoms with Crippen molar-refractivity contribution in [1.82, 2.24) is 14.5 Å². The summed E-state index contributed by atoms with van der Waals surface area (Å²) >= 11 is 2.94. The van der Waals surface area contributed by atoms with E-state index in [0.29, 0.717) is 28.6 Å². The Balaban J connectivity index is 0.000000464. The summed E-state index contributed by atoms with van der Waals surface area (Å²) in [5.41, 5.74) is 13.9. The maximum Gasteiger partial charge on any atom is 0.150 e. The van der Waals surface area contributed by atoms with Gasteiger partial charge in [-0.25, -0.2) is 4.98 Å². The Morgan fingerprint density at radius 2 is 1.80 bits per heavy atom. The Hall–Kier alpha value is -4.89. The predicted octanol–water partition coefficient (Wildman–Crippen LogP) is 11.6. The lowest BCUT2D eigenvalue weighted by molar-refractivity contribution is -0.122. The topological polar surface area (TPSA) is 158 Å². The van der Waals surface area contributed by atoms with Crippen LogP contribution in [0.25, 0.3) is 26.4 Å². The maximum absolute atomic E-state index is 10.9. The first-order valence-corrected chi connectivity index (χ1v) is 21.4. The third kappa shape index (κ3) is 16.9. The van der Waals surface area contributed by atoms with Crippen LogP contribution in [0.2, 0.25) is 0 Å². The number of fused-ring (bicyclic) bond motifs is 1. The SMILES string of the molecule is CCCCC(=O)C(C)C.CCCCn1c(CCC(C)CC/C=C(\SCC=O)c2ccncc2)nc2cc(N(N=[N+]=[N-])SC)ccc21.N#Cc1cccc(C=O)c1. The van der Waals surface area contributed by atoms with Gasteiger partial charge in [0.15, 0.2) is 0 Å². The van der Waals surface area contributed by atoms with Gasteiger partial charge in [0.05, 0.1) is 40.4 Å². The molecule has 1 unspecified atom stereocenters. The van der Waals surface area contributed by atoms with E-state index in [1.54, 1.807) is 52.8 Å². The van der Waals surface area contributed by atoms with Gasteiger partial charge in [-0.1, -0.05) is 65.7 Å². The van der Waals surface area contributed by atoms with Crippen LogP contribution >= 0.6 is 23.7 Å². The van der Waals surface area contributed by atoms with Crippen LogP contribution in [0.15, 0.2) is 78.3 Å². The molecule has 2 aromatic carbocycles. The van der Waals surface area contributed by atoms with Crippen molar-refractivity contribution in [2.24, 2.45) is 17.1 Å². The molecule has 0 saturated heterocycles. The van der Waals surface area contributed by atoms with E-state index in [0.717, 1.165) is 110 Å². The number of ketones is 1. The monoisotopic (exact) mass is 796 g/mol. The first-order valence-electron chi connectivity index (χ1n) is 19.2. The zero-order chi connectivity index (χ0) is 41.1. The van der Waals surface area contributed by atoms with Gasteiger partial charge in [0.25, 0.3) is 0 Å². The highest BCUT2D eigenvalue weighted by atomic mass is 32.2. The smallest absolute Gasteiger partial charge is 0.150 e. The molecule has 4 rings (SSSR count). The summed E-state index contributed by atoms with van der Waals surface area (Å²) in [6.45, 7) is 11.5. The largest absolute Gasteiger partial charge is 0.328 e. The molecule has 0 N–H and O–H groups in total. The predicted molar refractivity (Wildman–Crippen MR) is 233 cm³/mol. The number of nitriles is 1. The maximum atomic E-state index is 10.9. The van der Waals surface area contributed by atoms with E-state index < -0.39 is 0 Å². The highest BCUT2D eigenvalue weighted by molar-refractivity contribution is 8.08. The lowest BCUT2D eigenvalue weighted by Gasteiger charge is -2.13. The second-order valence-corrected chi connectivity index (χ2v) is 15.2. The van der Waals surface area contributed by atoms with Gasteiger partial charge >= 0.3 is 0 Å². The number of imidazole rings is 1. The molecule has 13 heteroatoms. The van der Waals surface area contributed by atoms with Crippen molar-refractivity contribution >= 4 is 63.7 Å². The van der Waals surface area contributed by atoms with Crippen molar-refractivity contribution in [3.63, 3.8) is 0 Å². The van der Waals surface area contributed by atoms with E-state index in [1.165, 1.54) is 11.9 Å². The number of rotatable bonds is 21. The second kappa shape index (κ2) is 27.7. The van der Waals surface area contributed by atoms with Gasteiger partial charge in [-0.3, -0.25) is 14.6 Å². The average molecular weight is 797 g/mol. The van der Waals surface area contributed by atoms with Crippen molar-refractivity contribution in [1.29, 1.82) is 5.26 Å². The van der Waals surface area contributed by atoms with Crippen LogP contribution in [0.4, 0.5) is 5.69 Å². The number of azide groups is 1. The van der Waals surface area contributed by atoms with Crippen LogP contribution in [0, 0.1) is 23.2 Å². The molecular weight excluding hydrogens is 741 g/mol. The van der Waals surface area contributed by atoms with Gasteiger partial charge in [0.2, 0.25) is 0 Å². The number of thioether (sulfide) groups is 1. The summed E-state index contributed by atoms with van der Waals surface area (Å²) in [4.78, 5) is 45.1. The normalized spacial score (nSPS) is 11.3. The zero-order valence-corrected chi connectivity index (χ0v) is 35.3. The molecule has 0 radical (unpaired) electrons. The Morgan fingerprint density at radius 1 is 1.05 bits per heavy atom. The fourth-order valence-corrected chi connectivity index (χ4v) is 6.73. The van der Waals surface area contributed by atoms with Gasteiger partial charge in [0.1, 0.15) is 29.9 Å². The van der Waals surface area contributed by atoms with Gasteiger partial charge in [-0.05, 0) is 85.2 Å². The molecule has 0 amide bonds. The molecule has 0 aliphatic carbocycles. The molecular formula is C43H56N8O3S2. The number of unbranched alkanes of at least 4 members (excludes halogenated alkanes) is 2. The number of pyridine rings is 1. The standard InChI is InChI=1S/C27H35N7OS2.C8H5NO.C8H16O/c1-4-5-17-33-25-11-10-23(34(36-3)32-31-28)20-24(25)30-27(33)12-9-21(2)7-6-8-26(37-19-18-35)22-13-15-29-16-14-22;9-5-7-2-1-3-8(4-7)6-10;1-4-5-6-8(9)7(2)3/h8,10-11,13-16,18,20-21H,4-7,9,12,17,19H2,1-3H3;1-4,6H;7H,4-6H2,1-3H3/b26-8-;;. The molecule has 0 aliphatic rings. The summed E-state index contributed by atoms with van der Waals surface area (Å²) < 4.78 is 3.91. The van der Waals surface area contributed by atoms with Crippen LogP contribution in [-0.2, 0) is 22.6 Å². The number of Topliss-reactive ketones (excluding diaryl/α,β-unsaturated/α-hetero) is 1. The first-order chi connectivity index (χ1) is 27.1. The molecule has 0 saturated carbocycles. The van der Waals surface area contributed by atoms with Gasteiger partial charge in [0, 0.05) is 60.5 Å². The molecule has 2 aromatic heterocycles. The highest BCUT2D eigenvalue weighted by Gasteiger charge is 2.16. The number of carbonyl (C=O) groups excluding carboxylic acids is 3. The number of allylic oxidation sites excluding steroid dienone is 1. The summed E-state index contributed by atoms with van der Waals surface area (Å²) in [6, 6.07) is 18.5. The lowest BCUT2D eigenvalue weighted by atomic mass is 9.99. The Morgan fingerprint density at radius 3 is 2.43 bits per heavy atom. The molecule has 298 valence electrons. The molecule has 2 heterocycles. The van der Waals surface area contributed by atoms with Gasteiger partial charge < -0.3 is 9.36 Å². The van der Waals surface area contributed by atoms with E-state index in [4.69, 9.17) is 15.8 Å². The minimum Gasteiger partial charge on any atom is -0.328 e. The number of aromatic nitrogens is 3. The number of hydrogen-bond acceptors (Lipinski definition) is 9. The Labute approximate surface area is 341 Å². The summed E-state index contributed by atoms with van der Waals surface area (Å²) in [5, 5.41) is 12.1. The Kier molecular flexibility index (Phi) is 23.3. The highest BCUT2D eigenvalue weighted by Crippen LogP contribution is 2.30. The van der Waals surface area contributed by atoms with Crippen LogP contribution in [-0.4, -0.2) is 44.9 Å². The molecule has 0 aliphatic heterocycles. The summed E-state index contributed by atoms with van der Waals surface area (Å²) in [6.07, 6.45) is 18.6. The molecule has 56 heavy (non-hydrogen) atoms. The number of benzene rings is 2. The molecule has 0 fully saturated rings. The van der Waals surface area contributed by atoms with E-state index in [-0.39, 0.29) is 5.92 Å². The van der Waals surface area contributed by atoms with Crippen molar-refractivity contribution in [2.45, 2.75) is 99.0 Å². The molecule has 0 bridgehead atoms. The number of carbonyl (C=O) groups is 3. The van der Waals surface area contributed by atoms with E-state index in [1.807, 2.05) is 50.4 Å². The minimum absolute atomic E-state index is 0.233. The number of aldehydes is 2. The molecule has 11 nitrogen and oxygen atoms in total. The lowest BCUT2D eigenvalue weighted by Crippen LogP contribution is -2.06.